The summed E-state index contributed by atoms with van der Waals surface area (Å²) in [6, 6.07) is 0. The van der Waals surface area contributed by atoms with E-state index in [1.54, 1.807) is 11.9 Å². The van der Waals surface area contributed by atoms with Crippen molar-refractivity contribution in [3.63, 3.8) is 0 Å². The minimum atomic E-state index is -0.0768. The summed E-state index contributed by atoms with van der Waals surface area (Å²) in [6.07, 6.45) is 5.57. The highest BCUT2D eigenvalue weighted by Gasteiger charge is 2.24. The molecule has 0 radical (unpaired) electrons. The lowest BCUT2D eigenvalue weighted by Gasteiger charge is -2.03. The van der Waals surface area contributed by atoms with Gasteiger partial charge in [0.05, 0.1) is 0 Å². The molecule has 1 amide bonds. The molecule has 0 aromatic carbocycles. The van der Waals surface area contributed by atoms with E-state index in [0.717, 1.165) is 0 Å². The molecule has 1 aliphatic heterocycles. The number of amides is 1. The minimum Gasteiger partial charge on any atom is -0.382 e. The molecule has 12 heavy (non-hydrogen) atoms. The lowest BCUT2D eigenvalue weighted by Crippen LogP contribution is -2.22. The van der Waals surface area contributed by atoms with E-state index in [2.05, 4.69) is 15.9 Å². The van der Waals surface area contributed by atoms with Gasteiger partial charge in [0.15, 0.2) is 6.61 Å². The Balaban J connectivity index is 2.49. The van der Waals surface area contributed by atoms with Gasteiger partial charge in [-0.25, -0.2) is 0 Å². The Morgan fingerprint density at radius 1 is 1.83 bits per heavy atom. The molecule has 0 aromatic rings. The molecule has 0 saturated carbocycles. The van der Waals surface area contributed by atoms with Crippen LogP contribution in [-0.2, 0) is 9.63 Å². The molecule has 0 N–H and O–H groups in total. The van der Waals surface area contributed by atoms with Gasteiger partial charge in [-0.2, -0.15) is 0 Å². The summed E-state index contributed by atoms with van der Waals surface area (Å²) in [5, 5.41) is 3.63. The van der Waals surface area contributed by atoms with Gasteiger partial charge in [0.1, 0.15) is 5.71 Å². The molecule has 0 atom stereocenters. The Hall–Kier alpha value is -1.50. The van der Waals surface area contributed by atoms with Crippen LogP contribution >= 0.6 is 0 Å². The quantitative estimate of drug-likeness (QED) is 0.325. The number of hydrogen-bond acceptors (Lipinski definition) is 3. The number of carbonyl (C=O) groups excluding carboxylic acids is 1. The van der Waals surface area contributed by atoms with E-state index in [4.69, 9.17) is 6.42 Å². The maximum absolute atomic E-state index is 11.2. The molecule has 0 unspecified atom stereocenters. The molecular formula is C8H10N2O2. The second kappa shape index (κ2) is 3.77. The summed E-state index contributed by atoms with van der Waals surface area (Å²) in [7, 11) is 1.73. The van der Waals surface area contributed by atoms with Gasteiger partial charge in [0.25, 0.3) is 5.91 Å². The van der Waals surface area contributed by atoms with Crippen LogP contribution in [0, 0.1) is 12.3 Å². The average Bonchev–Trinajstić information content (AvgIpc) is 2.36. The van der Waals surface area contributed by atoms with Gasteiger partial charge in [-0.05, 0) is 0 Å². The highest BCUT2D eigenvalue weighted by atomic mass is 16.6. The topological polar surface area (TPSA) is 41.9 Å². The van der Waals surface area contributed by atoms with Gasteiger partial charge in [0, 0.05) is 20.0 Å². The van der Waals surface area contributed by atoms with Crippen LogP contribution in [0.2, 0.25) is 0 Å². The van der Waals surface area contributed by atoms with Crippen LogP contribution in [-0.4, -0.2) is 36.7 Å². The zero-order chi connectivity index (χ0) is 8.97. The number of hydrogen-bond donors (Lipinski definition) is 0. The second-order valence-corrected chi connectivity index (χ2v) is 2.49. The third kappa shape index (κ3) is 1.76. The maximum atomic E-state index is 11.2. The van der Waals surface area contributed by atoms with Gasteiger partial charge in [-0.15, -0.1) is 6.42 Å². The summed E-state index contributed by atoms with van der Waals surface area (Å²) < 4.78 is 0. The Kier molecular flexibility index (Phi) is 2.70. The molecule has 1 saturated heterocycles. The Morgan fingerprint density at radius 3 is 3.08 bits per heavy atom. The molecule has 0 aromatic heterocycles. The number of terminal acetylenes is 1. The fourth-order valence-corrected chi connectivity index (χ4v) is 0.935. The van der Waals surface area contributed by atoms with Crippen LogP contribution in [0.3, 0.4) is 0 Å². The van der Waals surface area contributed by atoms with Crippen molar-refractivity contribution in [2.75, 3.05) is 20.2 Å². The maximum Gasteiger partial charge on any atom is 0.271 e. The van der Waals surface area contributed by atoms with E-state index in [1.165, 1.54) is 0 Å². The SMILES string of the molecule is C#CCO/N=C1\CCN(C)C1=O. The first-order chi connectivity index (χ1) is 5.75. The van der Waals surface area contributed by atoms with Crippen LogP contribution in [0.1, 0.15) is 6.42 Å². The third-order valence-electron chi connectivity index (χ3n) is 1.60. The van der Waals surface area contributed by atoms with Gasteiger partial charge >= 0.3 is 0 Å². The summed E-state index contributed by atoms with van der Waals surface area (Å²) in [5.74, 6) is 2.19. The first-order valence-corrected chi connectivity index (χ1v) is 3.63. The van der Waals surface area contributed by atoms with Crippen molar-refractivity contribution in [2.24, 2.45) is 5.16 Å². The molecule has 64 valence electrons. The summed E-state index contributed by atoms with van der Waals surface area (Å²) >= 11 is 0. The van der Waals surface area contributed by atoms with Gasteiger partial charge in [-0.1, -0.05) is 11.1 Å². The van der Waals surface area contributed by atoms with Crippen LogP contribution in [0.25, 0.3) is 0 Å². The number of likely N-dealkylation sites (tertiary alicyclic amines) is 1. The van der Waals surface area contributed by atoms with Crippen molar-refractivity contribution in [3.05, 3.63) is 0 Å². The fraction of sp³-hybridized carbons (Fsp3) is 0.500. The van der Waals surface area contributed by atoms with Gasteiger partial charge in [0.2, 0.25) is 0 Å². The Labute approximate surface area is 71.2 Å². The van der Waals surface area contributed by atoms with Crippen LogP contribution < -0.4 is 0 Å². The van der Waals surface area contributed by atoms with Crippen molar-refractivity contribution in [1.29, 1.82) is 0 Å². The zero-order valence-corrected chi connectivity index (χ0v) is 6.91. The van der Waals surface area contributed by atoms with Crippen molar-refractivity contribution in [3.8, 4) is 12.3 Å². The van der Waals surface area contributed by atoms with Gasteiger partial charge < -0.3 is 9.74 Å². The number of rotatable bonds is 2. The molecule has 0 aliphatic carbocycles. The van der Waals surface area contributed by atoms with E-state index in [1.807, 2.05) is 0 Å². The molecule has 1 rings (SSSR count). The second-order valence-electron chi connectivity index (χ2n) is 2.49. The monoisotopic (exact) mass is 166 g/mol. The van der Waals surface area contributed by atoms with Crippen molar-refractivity contribution in [1.82, 2.24) is 4.90 Å². The van der Waals surface area contributed by atoms with Crippen molar-refractivity contribution in [2.45, 2.75) is 6.42 Å². The number of carbonyl (C=O) groups is 1. The number of oxime groups is 1. The standard InChI is InChI=1S/C8H10N2O2/c1-3-6-12-9-7-4-5-10(2)8(7)11/h1H,4-6H2,2H3/b9-7+. The van der Waals surface area contributed by atoms with Crippen LogP contribution in [0.5, 0.6) is 0 Å². The summed E-state index contributed by atoms with van der Waals surface area (Å²) in [6.45, 7) is 0.817. The normalized spacial score (nSPS) is 19.8. The summed E-state index contributed by atoms with van der Waals surface area (Å²) in [4.78, 5) is 17.4. The third-order valence-corrected chi connectivity index (χ3v) is 1.60. The Bertz CT molecular complexity index is 252. The fourth-order valence-electron chi connectivity index (χ4n) is 0.935. The lowest BCUT2D eigenvalue weighted by atomic mass is 10.3. The van der Waals surface area contributed by atoms with E-state index < -0.39 is 0 Å². The molecule has 4 heteroatoms. The highest BCUT2D eigenvalue weighted by molar-refractivity contribution is 6.40. The van der Waals surface area contributed by atoms with Crippen LogP contribution in [0.4, 0.5) is 0 Å². The van der Waals surface area contributed by atoms with E-state index >= 15 is 0 Å². The molecule has 0 bridgehead atoms. The zero-order valence-electron chi connectivity index (χ0n) is 6.91. The molecule has 1 heterocycles. The van der Waals surface area contributed by atoms with Crippen molar-refractivity contribution < 1.29 is 9.63 Å². The largest absolute Gasteiger partial charge is 0.382 e. The first kappa shape index (κ1) is 8.60. The Morgan fingerprint density at radius 2 is 2.58 bits per heavy atom. The highest BCUT2D eigenvalue weighted by Crippen LogP contribution is 2.04. The minimum absolute atomic E-state index is 0.0768. The molecule has 1 fully saturated rings. The predicted molar refractivity (Wildman–Crippen MR) is 44.5 cm³/mol. The summed E-state index contributed by atoms with van der Waals surface area (Å²) in [5.41, 5.74) is 0.452. The van der Waals surface area contributed by atoms with E-state index in [-0.39, 0.29) is 12.5 Å². The molecule has 0 spiro atoms. The average molecular weight is 166 g/mol. The molecule has 1 aliphatic rings. The first-order valence-electron chi connectivity index (χ1n) is 3.63. The van der Waals surface area contributed by atoms with E-state index in [0.29, 0.717) is 18.7 Å². The predicted octanol–water partition coefficient (Wildman–Crippen LogP) is -0.146. The van der Waals surface area contributed by atoms with Gasteiger partial charge in [-0.3, -0.25) is 4.79 Å². The number of nitrogens with zero attached hydrogens (tertiary/aromatic N) is 2. The van der Waals surface area contributed by atoms with E-state index in [9.17, 15) is 4.79 Å². The van der Waals surface area contributed by atoms with Crippen LogP contribution in [0.15, 0.2) is 5.16 Å². The lowest BCUT2D eigenvalue weighted by molar-refractivity contribution is -0.121. The molecule has 4 nitrogen and oxygen atoms in total. The smallest absolute Gasteiger partial charge is 0.271 e. The molecular weight excluding hydrogens is 156 g/mol. The van der Waals surface area contributed by atoms with Crippen molar-refractivity contribution >= 4 is 11.6 Å².